The van der Waals surface area contributed by atoms with E-state index >= 15 is 0 Å². The average Bonchev–Trinajstić information content (AvgIpc) is 3.16. The van der Waals surface area contributed by atoms with Crippen LogP contribution in [0, 0.1) is 10.1 Å². The van der Waals surface area contributed by atoms with E-state index < -0.39 is 4.92 Å². The van der Waals surface area contributed by atoms with E-state index in [0.29, 0.717) is 11.3 Å². The molecule has 0 saturated heterocycles. The SMILES string of the molecule is O=[N+]([O-])c1ccc(-c2n[nH]cc2/C=N/Nc2cccnc2)o1. The molecule has 3 heterocycles. The zero-order valence-electron chi connectivity index (χ0n) is 11.1. The number of anilines is 1. The van der Waals surface area contributed by atoms with E-state index in [1.54, 1.807) is 24.7 Å². The smallest absolute Gasteiger partial charge is 0.399 e. The van der Waals surface area contributed by atoms with Crippen LogP contribution in [0.3, 0.4) is 0 Å². The van der Waals surface area contributed by atoms with E-state index in [9.17, 15) is 10.1 Å². The Balaban J connectivity index is 1.78. The third-order valence-electron chi connectivity index (χ3n) is 2.73. The summed E-state index contributed by atoms with van der Waals surface area (Å²) in [5, 5.41) is 21.4. The second-order valence-electron chi connectivity index (χ2n) is 4.20. The highest BCUT2D eigenvalue weighted by molar-refractivity contribution is 5.87. The van der Waals surface area contributed by atoms with Gasteiger partial charge in [0.05, 0.1) is 24.2 Å². The van der Waals surface area contributed by atoms with E-state index in [2.05, 4.69) is 25.7 Å². The van der Waals surface area contributed by atoms with Crippen LogP contribution in [0.1, 0.15) is 5.56 Å². The zero-order chi connectivity index (χ0) is 15.4. The summed E-state index contributed by atoms with van der Waals surface area (Å²) in [6, 6.07) is 6.36. The van der Waals surface area contributed by atoms with Crippen LogP contribution >= 0.6 is 0 Å². The van der Waals surface area contributed by atoms with Crippen molar-refractivity contribution in [3.05, 3.63) is 58.5 Å². The van der Waals surface area contributed by atoms with E-state index in [0.717, 1.165) is 5.69 Å². The molecule has 9 heteroatoms. The van der Waals surface area contributed by atoms with Crippen molar-refractivity contribution < 1.29 is 9.34 Å². The third-order valence-corrected chi connectivity index (χ3v) is 2.73. The molecule has 0 spiro atoms. The zero-order valence-corrected chi connectivity index (χ0v) is 11.1. The highest BCUT2D eigenvalue weighted by Crippen LogP contribution is 2.26. The van der Waals surface area contributed by atoms with Crippen LogP contribution in [0.4, 0.5) is 11.6 Å². The van der Waals surface area contributed by atoms with Gasteiger partial charge in [-0.1, -0.05) is 0 Å². The third kappa shape index (κ3) is 2.82. The fraction of sp³-hybridized carbons (Fsp3) is 0. The summed E-state index contributed by atoms with van der Waals surface area (Å²) in [5.74, 6) is -0.0508. The average molecular weight is 298 g/mol. The quantitative estimate of drug-likeness (QED) is 0.423. The molecule has 0 aliphatic carbocycles. The topological polar surface area (TPSA) is 122 Å². The summed E-state index contributed by atoms with van der Waals surface area (Å²) in [6.07, 6.45) is 6.43. The molecule has 0 amide bonds. The Morgan fingerprint density at radius 1 is 1.41 bits per heavy atom. The lowest BCUT2D eigenvalue weighted by molar-refractivity contribution is -0.401. The van der Waals surface area contributed by atoms with Gasteiger partial charge in [0.25, 0.3) is 0 Å². The molecule has 0 bridgehead atoms. The summed E-state index contributed by atoms with van der Waals surface area (Å²) in [4.78, 5) is 14.0. The predicted octanol–water partition coefficient (Wildman–Crippen LogP) is 2.42. The lowest BCUT2D eigenvalue weighted by atomic mass is 10.2. The fourth-order valence-corrected chi connectivity index (χ4v) is 1.75. The fourth-order valence-electron chi connectivity index (χ4n) is 1.75. The van der Waals surface area contributed by atoms with E-state index in [1.165, 1.54) is 18.3 Å². The number of furan rings is 1. The molecule has 3 aromatic heterocycles. The molecule has 3 aromatic rings. The van der Waals surface area contributed by atoms with Crippen LogP contribution in [0.15, 0.2) is 52.4 Å². The minimum absolute atomic E-state index is 0.288. The number of rotatable bonds is 5. The number of pyridine rings is 1. The van der Waals surface area contributed by atoms with Gasteiger partial charge in [0, 0.05) is 18.0 Å². The molecular weight excluding hydrogens is 288 g/mol. The summed E-state index contributed by atoms with van der Waals surface area (Å²) in [7, 11) is 0. The van der Waals surface area contributed by atoms with E-state index in [4.69, 9.17) is 4.42 Å². The maximum Gasteiger partial charge on any atom is 0.433 e. The van der Waals surface area contributed by atoms with Gasteiger partial charge in [0.1, 0.15) is 10.6 Å². The predicted molar refractivity (Wildman–Crippen MR) is 78.4 cm³/mol. The Labute approximate surface area is 123 Å². The minimum Gasteiger partial charge on any atom is -0.399 e. The van der Waals surface area contributed by atoms with Crippen LogP contribution in [0.2, 0.25) is 0 Å². The Morgan fingerprint density at radius 3 is 3.05 bits per heavy atom. The van der Waals surface area contributed by atoms with Crippen molar-refractivity contribution in [1.29, 1.82) is 0 Å². The lowest BCUT2D eigenvalue weighted by Gasteiger charge is -1.97. The second kappa shape index (κ2) is 5.87. The molecule has 0 aromatic carbocycles. The first-order valence-corrected chi connectivity index (χ1v) is 6.21. The molecule has 2 N–H and O–H groups in total. The number of aromatic nitrogens is 3. The summed E-state index contributed by atoms with van der Waals surface area (Å²) in [5.41, 5.74) is 4.61. The standard InChI is InChI=1S/C13H10N6O3/c20-19(21)12-4-3-11(22-12)13-9(7-16-18-13)6-15-17-10-2-1-5-14-8-10/h1-8,17H,(H,16,18)/b15-6+. The van der Waals surface area contributed by atoms with Crippen molar-refractivity contribution in [3.8, 4) is 11.5 Å². The number of nitrogens with zero attached hydrogens (tertiary/aromatic N) is 4. The first kappa shape index (κ1) is 13.5. The van der Waals surface area contributed by atoms with Gasteiger partial charge in [-0.3, -0.25) is 25.6 Å². The van der Waals surface area contributed by atoms with E-state index in [1.807, 2.05) is 6.07 Å². The van der Waals surface area contributed by atoms with Crippen molar-refractivity contribution >= 4 is 17.8 Å². The number of aromatic amines is 1. The molecule has 0 saturated carbocycles. The van der Waals surface area contributed by atoms with Crippen LogP contribution in [-0.4, -0.2) is 26.3 Å². The van der Waals surface area contributed by atoms with Gasteiger partial charge < -0.3 is 4.42 Å². The van der Waals surface area contributed by atoms with Gasteiger partial charge in [-0.15, -0.1) is 0 Å². The van der Waals surface area contributed by atoms with Gasteiger partial charge >= 0.3 is 5.88 Å². The second-order valence-corrected chi connectivity index (χ2v) is 4.20. The molecule has 0 unspecified atom stereocenters. The van der Waals surface area contributed by atoms with Crippen molar-refractivity contribution in [1.82, 2.24) is 15.2 Å². The molecule has 0 aliphatic rings. The molecule has 3 rings (SSSR count). The number of hydrogen-bond acceptors (Lipinski definition) is 7. The molecule has 22 heavy (non-hydrogen) atoms. The van der Waals surface area contributed by atoms with Gasteiger partial charge in [0.2, 0.25) is 0 Å². The van der Waals surface area contributed by atoms with Crippen molar-refractivity contribution in [3.63, 3.8) is 0 Å². The van der Waals surface area contributed by atoms with Crippen LogP contribution in [0.25, 0.3) is 11.5 Å². The number of nitrogens with one attached hydrogen (secondary N) is 2. The number of hydrogen-bond donors (Lipinski definition) is 2. The maximum atomic E-state index is 10.6. The Kier molecular flexibility index (Phi) is 3.60. The van der Waals surface area contributed by atoms with Crippen LogP contribution in [-0.2, 0) is 0 Å². The Morgan fingerprint density at radius 2 is 2.32 bits per heavy atom. The number of H-pyrrole nitrogens is 1. The first-order valence-electron chi connectivity index (χ1n) is 6.21. The molecular formula is C13H10N6O3. The first-order chi connectivity index (χ1) is 10.7. The molecule has 0 radical (unpaired) electrons. The van der Waals surface area contributed by atoms with Gasteiger partial charge in [0.15, 0.2) is 5.76 Å². The van der Waals surface area contributed by atoms with Gasteiger partial charge in [-0.25, -0.2) is 0 Å². The maximum absolute atomic E-state index is 10.6. The van der Waals surface area contributed by atoms with Crippen molar-refractivity contribution in [2.24, 2.45) is 5.10 Å². The highest BCUT2D eigenvalue weighted by atomic mass is 16.6. The minimum atomic E-state index is -0.603. The number of hydrazone groups is 1. The largest absolute Gasteiger partial charge is 0.433 e. The van der Waals surface area contributed by atoms with Crippen LogP contribution < -0.4 is 5.43 Å². The summed E-state index contributed by atoms with van der Waals surface area (Å²) >= 11 is 0. The normalized spacial score (nSPS) is 10.9. The van der Waals surface area contributed by atoms with Crippen LogP contribution in [0.5, 0.6) is 0 Å². The summed E-state index contributed by atoms with van der Waals surface area (Å²) < 4.78 is 5.12. The molecule has 0 fully saturated rings. The molecule has 9 nitrogen and oxygen atoms in total. The molecule has 0 aliphatic heterocycles. The van der Waals surface area contributed by atoms with Gasteiger partial charge in [-0.05, 0) is 18.2 Å². The Bertz CT molecular complexity index is 808. The van der Waals surface area contributed by atoms with Gasteiger partial charge in [-0.2, -0.15) is 10.2 Å². The van der Waals surface area contributed by atoms with Crippen molar-refractivity contribution in [2.75, 3.05) is 5.43 Å². The highest BCUT2D eigenvalue weighted by Gasteiger charge is 2.16. The lowest BCUT2D eigenvalue weighted by Crippen LogP contribution is -1.91. The number of nitro groups is 1. The monoisotopic (exact) mass is 298 g/mol. The summed E-state index contributed by atoms with van der Waals surface area (Å²) in [6.45, 7) is 0. The van der Waals surface area contributed by atoms with Crippen molar-refractivity contribution in [2.45, 2.75) is 0 Å². The molecule has 0 atom stereocenters. The van der Waals surface area contributed by atoms with E-state index in [-0.39, 0.29) is 11.6 Å². The molecule has 110 valence electrons. The Hall–Kier alpha value is -3.49.